The maximum absolute atomic E-state index is 13.7. The highest BCUT2D eigenvalue weighted by atomic mass is 35.5. The Morgan fingerprint density at radius 2 is 1.80 bits per heavy atom. The van der Waals surface area contributed by atoms with E-state index in [1.54, 1.807) is 0 Å². The van der Waals surface area contributed by atoms with E-state index < -0.39 is 51.3 Å². The second-order valence-electron chi connectivity index (χ2n) is 5.75. The Morgan fingerprint density at radius 3 is 2.30 bits per heavy atom. The summed E-state index contributed by atoms with van der Waals surface area (Å²) in [6, 6.07) is 6.33. The van der Waals surface area contributed by atoms with Crippen molar-refractivity contribution in [2.45, 2.75) is 19.6 Å². The maximum atomic E-state index is 13.7. The Labute approximate surface area is 171 Å². The molecule has 0 atom stereocenters. The number of nitro groups is 2. The number of carbonyl (C=O) groups excluding carboxylic acids is 1. The van der Waals surface area contributed by atoms with E-state index in [4.69, 9.17) is 16.3 Å². The second kappa shape index (κ2) is 8.95. The van der Waals surface area contributed by atoms with Crippen LogP contribution in [-0.4, -0.2) is 22.5 Å². The Morgan fingerprint density at radius 1 is 1.17 bits per heavy atom. The van der Waals surface area contributed by atoms with E-state index in [1.165, 1.54) is 31.2 Å². The van der Waals surface area contributed by atoms with E-state index >= 15 is 0 Å². The summed E-state index contributed by atoms with van der Waals surface area (Å²) in [5, 5.41) is 22.6. The number of hydrogen-bond donors (Lipinski definition) is 0. The minimum atomic E-state index is -5.25. The Kier molecular flexibility index (Phi) is 6.82. The highest BCUT2D eigenvalue weighted by molar-refractivity contribution is 6.31. The number of amides is 1. The Balaban J connectivity index is 2.83. The number of halogens is 4. The van der Waals surface area contributed by atoms with Gasteiger partial charge in [-0.2, -0.15) is 13.2 Å². The monoisotopic (exact) mass is 447 g/mol. The zero-order valence-corrected chi connectivity index (χ0v) is 15.9. The van der Waals surface area contributed by atoms with E-state index in [9.17, 15) is 38.2 Å². The molecule has 0 aliphatic carbocycles. The standard InChI is InChI=1S/C17H13ClF3N3O6/c1-2-30-16(25)22(9-10-5-3-4-6-13(10)18)15-12(17(19,20)21)7-11(23(26)27)8-14(15)24(28)29/h3-8H,2,9H2,1H3. The molecular weight excluding hydrogens is 435 g/mol. The summed E-state index contributed by atoms with van der Waals surface area (Å²) in [7, 11) is 0. The molecule has 0 spiro atoms. The molecule has 0 aromatic heterocycles. The molecule has 0 aliphatic heterocycles. The van der Waals surface area contributed by atoms with Crippen molar-refractivity contribution in [1.29, 1.82) is 0 Å². The molecule has 2 aromatic carbocycles. The van der Waals surface area contributed by atoms with E-state index in [0.717, 1.165) is 0 Å². The molecule has 9 nitrogen and oxygen atoms in total. The molecular formula is C17H13ClF3N3O6. The topological polar surface area (TPSA) is 116 Å². The molecule has 0 N–H and O–H groups in total. The largest absolute Gasteiger partial charge is 0.449 e. The van der Waals surface area contributed by atoms with Gasteiger partial charge in [-0.3, -0.25) is 25.1 Å². The fourth-order valence-corrected chi connectivity index (χ4v) is 2.78. The minimum Gasteiger partial charge on any atom is -0.449 e. The number of benzene rings is 2. The van der Waals surface area contributed by atoms with Crippen LogP contribution >= 0.6 is 11.6 Å². The summed E-state index contributed by atoms with van der Waals surface area (Å²) in [6.07, 6.45) is -6.57. The number of nitrogens with zero attached hydrogens (tertiary/aromatic N) is 3. The average Bonchev–Trinajstić information content (AvgIpc) is 2.65. The molecule has 0 aliphatic rings. The van der Waals surface area contributed by atoms with Gasteiger partial charge in [0.1, 0.15) is 5.69 Å². The minimum absolute atomic E-state index is 0.0879. The third-order valence-corrected chi connectivity index (χ3v) is 4.20. The number of ether oxygens (including phenoxy) is 1. The molecule has 0 heterocycles. The van der Waals surface area contributed by atoms with Gasteiger partial charge in [-0.15, -0.1) is 0 Å². The van der Waals surface area contributed by atoms with Crippen LogP contribution in [0, 0.1) is 20.2 Å². The van der Waals surface area contributed by atoms with Crippen molar-refractivity contribution < 1.29 is 32.5 Å². The van der Waals surface area contributed by atoms with Crippen LogP contribution in [0.3, 0.4) is 0 Å². The summed E-state index contributed by atoms with van der Waals surface area (Å²) in [4.78, 5) is 32.9. The van der Waals surface area contributed by atoms with Gasteiger partial charge >= 0.3 is 18.0 Å². The molecule has 0 saturated heterocycles. The van der Waals surface area contributed by atoms with Gasteiger partial charge in [-0.25, -0.2) is 4.79 Å². The lowest BCUT2D eigenvalue weighted by atomic mass is 10.1. The van der Waals surface area contributed by atoms with Gasteiger partial charge < -0.3 is 4.74 Å². The molecule has 13 heteroatoms. The van der Waals surface area contributed by atoms with Gasteiger partial charge in [0.05, 0.1) is 34.6 Å². The van der Waals surface area contributed by atoms with Crippen molar-refractivity contribution in [1.82, 2.24) is 0 Å². The Bertz CT molecular complexity index is 999. The summed E-state index contributed by atoms with van der Waals surface area (Å²) in [6.45, 7) is 0.542. The highest BCUT2D eigenvalue weighted by Gasteiger charge is 2.43. The van der Waals surface area contributed by atoms with E-state index in [1.807, 2.05) is 0 Å². The fourth-order valence-electron chi connectivity index (χ4n) is 2.58. The molecule has 1 amide bonds. The summed E-state index contributed by atoms with van der Waals surface area (Å²) >= 11 is 6.01. The summed E-state index contributed by atoms with van der Waals surface area (Å²) in [5.41, 5.74) is -5.18. The lowest BCUT2D eigenvalue weighted by Gasteiger charge is -2.25. The van der Waals surface area contributed by atoms with Gasteiger partial charge in [0.15, 0.2) is 0 Å². The van der Waals surface area contributed by atoms with Gasteiger partial charge in [0.25, 0.3) is 5.69 Å². The van der Waals surface area contributed by atoms with Crippen molar-refractivity contribution in [3.8, 4) is 0 Å². The molecule has 2 aromatic rings. The number of hydrogen-bond acceptors (Lipinski definition) is 6. The van der Waals surface area contributed by atoms with Crippen molar-refractivity contribution in [3.05, 3.63) is 72.8 Å². The third kappa shape index (κ3) is 4.95. The normalized spacial score (nSPS) is 11.1. The smallest absolute Gasteiger partial charge is 0.418 e. The molecule has 0 fully saturated rings. The first-order valence-corrected chi connectivity index (χ1v) is 8.56. The lowest BCUT2D eigenvalue weighted by Crippen LogP contribution is -2.33. The first kappa shape index (κ1) is 22.9. The van der Waals surface area contributed by atoms with Crippen LogP contribution in [-0.2, 0) is 17.5 Å². The molecule has 30 heavy (non-hydrogen) atoms. The van der Waals surface area contributed by atoms with E-state index in [2.05, 4.69) is 0 Å². The van der Waals surface area contributed by atoms with Crippen molar-refractivity contribution in [2.75, 3.05) is 11.5 Å². The molecule has 0 unspecified atom stereocenters. The molecule has 160 valence electrons. The summed E-state index contributed by atoms with van der Waals surface area (Å²) < 4.78 is 45.9. The number of non-ortho nitro benzene ring substituents is 1. The van der Waals surface area contributed by atoms with Crippen LogP contribution in [0.4, 0.5) is 35.0 Å². The number of rotatable bonds is 6. The van der Waals surface area contributed by atoms with Crippen molar-refractivity contribution in [3.63, 3.8) is 0 Å². The van der Waals surface area contributed by atoms with Crippen LogP contribution in [0.2, 0.25) is 5.02 Å². The molecule has 0 bridgehead atoms. The molecule has 2 rings (SSSR count). The van der Waals surface area contributed by atoms with Crippen LogP contribution in [0.15, 0.2) is 36.4 Å². The van der Waals surface area contributed by atoms with E-state index in [0.29, 0.717) is 11.0 Å². The zero-order valence-electron chi connectivity index (χ0n) is 15.2. The predicted molar refractivity (Wildman–Crippen MR) is 99.4 cm³/mol. The Hall–Kier alpha value is -3.41. The first-order valence-electron chi connectivity index (χ1n) is 8.19. The van der Waals surface area contributed by atoms with Crippen molar-refractivity contribution >= 4 is 34.8 Å². The lowest BCUT2D eigenvalue weighted by molar-refractivity contribution is -0.394. The second-order valence-corrected chi connectivity index (χ2v) is 6.16. The molecule has 0 radical (unpaired) electrons. The van der Waals surface area contributed by atoms with Gasteiger partial charge in [-0.05, 0) is 18.6 Å². The quantitative estimate of drug-likeness (QED) is 0.436. The number of carbonyl (C=O) groups is 1. The first-order chi connectivity index (χ1) is 14.0. The zero-order chi connectivity index (χ0) is 22.6. The maximum Gasteiger partial charge on any atom is 0.418 e. The van der Waals surface area contributed by atoms with Crippen LogP contribution < -0.4 is 4.90 Å². The van der Waals surface area contributed by atoms with Gasteiger partial charge in [0.2, 0.25) is 0 Å². The average molecular weight is 448 g/mol. The highest BCUT2D eigenvalue weighted by Crippen LogP contribution is 2.45. The number of nitro benzene ring substituents is 2. The van der Waals surface area contributed by atoms with Gasteiger partial charge in [-0.1, -0.05) is 29.8 Å². The number of anilines is 1. The van der Waals surface area contributed by atoms with Crippen LogP contribution in [0.1, 0.15) is 18.1 Å². The van der Waals surface area contributed by atoms with Crippen LogP contribution in [0.25, 0.3) is 0 Å². The SMILES string of the molecule is CCOC(=O)N(Cc1ccccc1Cl)c1c([N+](=O)[O-])cc([N+](=O)[O-])cc1C(F)(F)F. The fraction of sp³-hybridized carbons (Fsp3) is 0.235. The summed E-state index contributed by atoms with van der Waals surface area (Å²) in [5.74, 6) is 0. The number of alkyl halides is 3. The van der Waals surface area contributed by atoms with Gasteiger partial charge in [0, 0.05) is 11.1 Å². The predicted octanol–water partition coefficient (Wildman–Crippen LogP) is 5.34. The van der Waals surface area contributed by atoms with E-state index in [-0.39, 0.29) is 23.3 Å². The van der Waals surface area contributed by atoms with Crippen LogP contribution in [0.5, 0.6) is 0 Å². The molecule has 0 saturated carbocycles. The van der Waals surface area contributed by atoms with Crippen molar-refractivity contribution in [2.24, 2.45) is 0 Å². The third-order valence-electron chi connectivity index (χ3n) is 3.83.